The number of rotatable bonds is 7. The van der Waals surface area contributed by atoms with E-state index in [0.29, 0.717) is 60.2 Å². The molecule has 1 saturated heterocycles. The van der Waals surface area contributed by atoms with E-state index in [1.165, 1.54) is 25.1 Å². The minimum atomic E-state index is -4.60. The van der Waals surface area contributed by atoms with E-state index < -0.39 is 11.7 Å². The summed E-state index contributed by atoms with van der Waals surface area (Å²) in [5.41, 5.74) is 2.81. The second kappa shape index (κ2) is 12.7. The van der Waals surface area contributed by atoms with E-state index in [0.717, 1.165) is 30.9 Å². The van der Waals surface area contributed by atoms with Gasteiger partial charge in [0, 0.05) is 55.2 Å². The summed E-state index contributed by atoms with van der Waals surface area (Å²) in [6.45, 7) is 7.91. The fourth-order valence-corrected chi connectivity index (χ4v) is 5.37. The van der Waals surface area contributed by atoms with E-state index in [2.05, 4.69) is 21.8 Å². The fourth-order valence-electron chi connectivity index (χ4n) is 5.37. The van der Waals surface area contributed by atoms with Gasteiger partial charge in [0.25, 0.3) is 0 Å². The van der Waals surface area contributed by atoms with Gasteiger partial charge in [0.1, 0.15) is 12.0 Å². The quantitative estimate of drug-likeness (QED) is 0.484. The molecule has 0 aliphatic carbocycles. The molecule has 4 heterocycles. The van der Waals surface area contributed by atoms with Crippen LogP contribution in [0.4, 0.5) is 24.5 Å². The molecule has 41 heavy (non-hydrogen) atoms. The zero-order valence-electron chi connectivity index (χ0n) is 23.4. The highest BCUT2D eigenvalue weighted by molar-refractivity contribution is 6.15. The smallest absolute Gasteiger partial charge is 0.418 e. The number of ether oxygens (including phenoxy) is 1. The van der Waals surface area contributed by atoms with Gasteiger partial charge in [-0.1, -0.05) is 6.58 Å². The molecule has 9 nitrogen and oxygen atoms in total. The van der Waals surface area contributed by atoms with Gasteiger partial charge in [0.05, 0.1) is 48.3 Å². The van der Waals surface area contributed by atoms with Crippen molar-refractivity contribution in [1.29, 1.82) is 0 Å². The van der Waals surface area contributed by atoms with Crippen molar-refractivity contribution in [1.82, 2.24) is 15.2 Å². The molecule has 1 atom stereocenters. The number of carbonyl (C=O) groups excluding carboxylic acids is 1. The number of benzene rings is 1. The zero-order valence-corrected chi connectivity index (χ0v) is 23.4. The maximum Gasteiger partial charge on any atom is 0.418 e. The second-order valence-corrected chi connectivity index (χ2v) is 9.76. The number of aliphatic hydroxyl groups is 1. The predicted octanol–water partition coefficient (Wildman–Crippen LogP) is 3.80. The van der Waals surface area contributed by atoms with E-state index in [1.54, 1.807) is 24.5 Å². The summed E-state index contributed by atoms with van der Waals surface area (Å²) in [7, 11) is 3.41. The lowest BCUT2D eigenvalue weighted by Gasteiger charge is -2.34. The molecule has 0 spiro atoms. The fraction of sp³-hybridized carbons (Fsp3) is 0.414. The largest absolute Gasteiger partial charge is 0.495 e. The van der Waals surface area contributed by atoms with Crippen molar-refractivity contribution >= 4 is 23.4 Å². The van der Waals surface area contributed by atoms with Crippen molar-refractivity contribution < 1.29 is 27.8 Å². The van der Waals surface area contributed by atoms with Crippen molar-refractivity contribution in [3.8, 4) is 5.75 Å². The minimum absolute atomic E-state index is 0.0938. The first kappa shape index (κ1) is 30.1. The third-order valence-corrected chi connectivity index (χ3v) is 7.32. The van der Waals surface area contributed by atoms with E-state index in [9.17, 15) is 18.3 Å². The molecule has 5 rings (SSSR count). The molecule has 12 heteroatoms. The Balaban J connectivity index is 0.00000124. The number of nitrogens with zero attached hydrogens (tertiary/aromatic N) is 5. The Kier molecular flexibility index (Phi) is 9.34. The molecule has 0 bridgehead atoms. The first-order valence-electron chi connectivity index (χ1n) is 13.4. The van der Waals surface area contributed by atoms with Crippen LogP contribution >= 0.6 is 0 Å². The zero-order chi connectivity index (χ0) is 29.7. The number of likely N-dealkylation sites (N-methyl/N-ethyl adjacent to an activating group) is 1. The van der Waals surface area contributed by atoms with Gasteiger partial charge < -0.3 is 29.8 Å². The van der Waals surface area contributed by atoms with Crippen LogP contribution in [0.2, 0.25) is 0 Å². The van der Waals surface area contributed by atoms with Gasteiger partial charge in [-0.25, -0.2) is 5.01 Å². The Morgan fingerprint density at radius 3 is 2.63 bits per heavy atom. The predicted molar refractivity (Wildman–Crippen MR) is 152 cm³/mol. The van der Waals surface area contributed by atoms with Crippen LogP contribution in [-0.4, -0.2) is 80.0 Å². The summed E-state index contributed by atoms with van der Waals surface area (Å²) in [6.07, 6.45) is 0.848. The van der Waals surface area contributed by atoms with Gasteiger partial charge >= 0.3 is 6.18 Å². The van der Waals surface area contributed by atoms with Crippen LogP contribution in [0.3, 0.4) is 0 Å². The third-order valence-electron chi connectivity index (χ3n) is 7.32. The summed E-state index contributed by atoms with van der Waals surface area (Å²) in [6, 6.07) is 6.23. The number of hydrazone groups is 1. The number of β-amino-alcohol motifs (C(OH)–C–C–N with tert-alkyl or cyclic N) is 1. The number of aliphatic hydroxyl groups excluding tert-OH is 1. The average molecular weight is 573 g/mol. The van der Waals surface area contributed by atoms with Gasteiger partial charge in [-0.05, 0) is 51.1 Å². The van der Waals surface area contributed by atoms with Gasteiger partial charge in [-0.3, -0.25) is 4.98 Å². The summed E-state index contributed by atoms with van der Waals surface area (Å²) < 4.78 is 48.3. The first-order chi connectivity index (χ1) is 19.7. The molecular weight excluding hydrogens is 537 g/mol. The van der Waals surface area contributed by atoms with Gasteiger partial charge in [0.2, 0.25) is 0 Å². The normalized spacial score (nSPS) is 18.7. The second-order valence-electron chi connectivity index (χ2n) is 9.76. The van der Waals surface area contributed by atoms with Gasteiger partial charge in [0.15, 0.2) is 0 Å². The number of hydrogen-bond donors (Lipinski definition) is 2. The van der Waals surface area contributed by atoms with Crippen molar-refractivity contribution in [2.75, 3.05) is 56.9 Å². The molecule has 1 unspecified atom stereocenters. The summed E-state index contributed by atoms with van der Waals surface area (Å²) >= 11 is 0. The highest BCUT2D eigenvalue weighted by atomic mass is 19.4. The molecule has 3 aliphatic rings. The number of alkyl halides is 3. The first-order valence-corrected chi connectivity index (χ1v) is 13.4. The number of pyridine rings is 1. The Labute approximate surface area is 237 Å². The van der Waals surface area contributed by atoms with Crippen molar-refractivity contribution in [3.05, 3.63) is 71.3 Å². The molecule has 1 aromatic heterocycles. The Morgan fingerprint density at radius 1 is 1.24 bits per heavy atom. The monoisotopic (exact) mass is 572 g/mol. The lowest BCUT2D eigenvalue weighted by molar-refractivity contribution is -0.137. The van der Waals surface area contributed by atoms with Crippen LogP contribution < -0.4 is 20.0 Å². The number of aldehydes is 1. The van der Waals surface area contributed by atoms with Crippen LogP contribution in [-0.2, 0) is 11.0 Å². The molecule has 0 radical (unpaired) electrons. The summed E-state index contributed by atoms with van der Waals surface area (Å²) in [5, 5.41) is 19.0. The summed E-state index contributed by atoms with van der Waals surface area (Å²) in [4.78, 5) is 17.1. The third kappa shape index (κ3) is 6.23. The van der Waals surface area contributed by atoms with Crippen LogP contribution in [0.15, 0.2) is 65.3 Å². The molecule has 2 N–H and O–H groups in total. The maximum atomic E-state index is 14.3. The topological polar surface area (TPSA) is 93.5 Å². The van der Waals surface area contributed by atoms with E-state index >= 15 is 0 Å². The molecule has 1 fully saturated rings. The van der Waals surface area contributed by atoms with Crippen LogP contribution in [0.25, 0.3) is 0 Å². The number of aromatic nitrogens is 1. The van der Waals surface area contributed by atoms with Crippen LogP contribution in [0, 0.1) is 0 Å². The van der Waals surface area contributed by atoms with Crippen molar-refractivity contribution in [3.63, 3.8) is 0 Å². The number of halogens is 3. The van der Waals surface area contributed by atoms with Gasteiger partial charge in [-0.2, -0.15) is 18.3 Å². The van der Waals surface area contributed by atoms with Gasteiger partial charge in [-0.15, -0.1) is 0 Å². The SMILES string of the molecule is C=C1C2=C(CCN2CCO)C(c2cncc(OC)c2)=NN1c1cc(N2CCC(NC)C2)ccc1C(F)(F)F.CC=O. The van der Waals surface area contributed by atoms with Crippen molar-refractivity contribution in [2.45, 2.75) is 32.0 Å². The van der Waals surface area contributed by atoms with Crippen LogP contribution in [0.5, 0.6) is 5.75 Å². The summed E-state index contributed by atoms with van der Waals surface area (Å²) in [5.74, 6) is 0.514. The molecular formula is C29H35F3N6O3. The minimum Gasteiger partial charge on any atom is -0.495 e. The van der Waals surface area contributed by atoms with Crippen LogP contribution in [0.1, 0.15) is 30.9 Å². The number of methoxy groups -OCH3 is 1. The van der Waals surface area contributed by atoms with E-state index in [4.69, 9.17) is 14.6 Å². The maximum absolute atomic E-state index is 14.3. The average Bonchev–Trinajstić information content (AvgIpc) is 3.61. The molecule has 0 amide bonds. The molecule has 0 saturated carbocycles. The van der Waals surface area contributed by atoms with Crippen molar-refractivity contribution in [2.24, 2.45) is 5.10 Å². The lowest BCUT2D eigenvalue weighted by atomic mass is 9.98. The standard InChI is InChI=1S/C27H31F3N6O2.C2H4O/c1-17-26-22(7-9-34(26)10-11-37)25(18-12-21(38-3)15-32-14-18)33-36(17)24-13-20(4-5-23(24)27(28,29)30)35-8-6-19(16-35)31-2;1-2-3/h4-5,12-15,19,31,37H,1,6-11,16H2,2-3H3;2H,1H3. The molecule has 3 aliphatic heterocycles. The highest BCUT2D eigenvalue weighted by Gasteiger charge is 2.40. The van der Waals surface area contributed by atoms with E-state index in [1.807, 2.05) is 11.9 Å². The number of anilines is 2. The Hall–Kier alpha value is -3.90. The van der Waals surface area contributed by atoms with E-state index in [-0.39, 0.29) is 18.3 Å². The number of hydrogen-bond acceptors (Lipinski definition) is 9. The number of carbonyl (C=O) groups is 1. The Bertz CT molecular complexity index is 1340. The number of nitrogens with one attached hydrogen (secondary N) is 1. The highest BCUT2D eigenvalue weighted by Crippen LogP contribution is 2.44. The lowest BCUT2D eigenvalue weighted by Crippen LogP contribution is -2.33. The molecule has 2 aromatic rings. The molecule has 220 valence electrons. The Morgan fingerprint density at radius 2 is 2.00 bits per heavy atom. The molecule has 1 aromatic carbocycles.